The highest BCUT2D eigenvalue weighted by Crippen LogP contribution is 2.18. The van der Waals surface area contributed by atoms with Crippen molar-refractivity contribution in [2.45, 2.75) is 24.9 Å². The van der Waals surface area contributed by atoms with Crippen LogP contribution in [0.5, 0.6) is 0 Å². The fourth-order valence-corrected chi connectivity index (χ4v) is 2.23. The number of nitrogens with one attached hydrogen (secondary N) is 1. The molecule has 0 spiro atoms. The molecule has 0 atom stereocenters. The molecule has 0 saturated heterocycles. The third-order valence-corrected chi connectivity index (χ3v) is 3.06. The molecule has 0 aliphatic carbocycles. The molecule has 1 N–H and O–H groups in total. The van der Waals surface area contributed by atoms with Gasteiger partial charge in [0.2, 0.25) is 5.91 Å². The number of aromatic nitrogens is 2. The van der Waals surface area contributed by atoms with Gasteiger partial charge in [-0.1, -0.05) is 48.3 Å². The first-order valence-electron chi connectivity index (χ1n) is 5.21. The molecule has 17 heavy (non-hydrogen) atoms. The lowest BCUT2D eigenvalue weighted by molar-refractivity contribution is -0.118. The van der Waals surface area contributed by atoms with E-state index in [0.29, 0.717) is 11.7 Å². The molecular weight excluding hydrogens is 281 g/mol. The minimum absolute atomic E-state index is 0.0388. The SMILES string of the molecule is CCCCNC(=O)CSc1nc(Cl)cc(Cl)n1. The van der Waals surface area contributed by atoms with E-state index in [1.54, 1.807) is 0 Å². The zero-order valence-corrected chi connectivity index (χ0v) is 11.7. The number of amides is 1. The lowest BCUT2D eigenvalue weighted by Crippen LogP contribution is -2.26. The number of unbranched alkanes of at least 4 members (excludes halogenated alkanes) is 1. The normalized spacial score (nSPS) is 10.3. The number of carbonyl (C=O) groups is 1. The van der Waals surface area contributed by atoms with Crippen LogP contribution in [0.2, 0.25) is 10.3 Å². The van der Waals surface area contributed by atoms with Crippen molar-refractivity contribution in [3.05, 3.63) is 16.4 Å². The van der Waals surface area contributed by atoms with Gasteiger partial charge in [0.1, 0.15) is 10.3 Å². The first-order chi connectivity index (χ1) is 8.11. The second kappa shape index (κ2) is 7.74. The summed E-state index contributed by atoms with van der Waals surface area (Å²) in [4.78, 5) is 19.3. The maximum absolute atomic E-state index is 11.4. The molecule has 1 aromatic rings. The first kappa shape index (κ1) is 14.5. The quantitative estimate of drug-likeness (QED) is 0.379. The van der Waals surface area contributed by atoms with Gasteiger partial charge in [0.05, 0.1) is 5.75 Å². The van der Waals surface area contributed by atoms with Gasteiger partial charge in [0.15, 0.2) is 5.16 Å². The van der Waals surface area contributed by atoms with Crippen LogP contribution in [0.3, 0.4) is 0 Å². The molecule has 1 heterocycles. The molecule has 94 valence electrons. The Bertz CT molecular complexity index is 370. The summed E-state index contributed by atoms with van der Waals surface area (Å²) in [6.07, 6.45) is 2.04. The van der Waals surface area contributed by atoms with E-state index in [9.17, 15) is 4.79 Å². The van der Waals surface area contributed by atoms with E-state index in [1.807, 2.05) is 0 Å². The Morgan fingerprint density at radius 1 is 1.41 bits per heavy atom. The molecule has 0 aromatic carbocycles. The second-order valence-electron chi connectivity index (χ2n) is 3.29. The van der Waals surface area contributed by atoms with Crippen molar-refractivity contribution in [1.29, 1.82) is 0 Å². The standard InChI is InChI=1S/C10H13Cl2N3OS/c1-2-3-4-13-9(16)6-17-10-14-7(11)5-8(12)15-10/h5H,2-4,6H2,1H3,(H,13,16). The van der Waals surface area contributed by atoms with Crippen LogP contribution in [0.4, 0.5) is 0 Å². The van der Waals surface area contributed by atoms with Crippen molar-refractivity contribution in [2.75, 3.05) is 12.3 Å². The summed E-state index contributed by atoms with van der Waals surface area (Å²) < 4.78 is 0. The lowest BCUT2D eigenvalue weighted by atomic mass is 10.3. The fourth-order valence-electron chi connectivity index (χ4n) is 1.02. The van der Waals surface area contributed by atoms with Gasteiger partial charge in [-0.25, -0.2) is 9.97 Å². The van der Waals surface area contributed by atoms with Crippen molar-refractivity contribution in [3.63, 3.8) is 0 Å². The number of hydrogen-bond donors (Lipinski definition) is 1. The fraction of sp³-hybridized carbons (Fsp3) is 0.500. The highest BCUT2D eigenvalue weighted by Gasteiger charge is 2.06. The van der Waals surface area contributed by atoms with E-state index in [0.717, 1.165) is 12.8 Å². The molecule has 1 rings (SSSR count). The Labute approximate surface area is 115 Å². The molecule has 0 fully saturated rings. The minimum atomic E-state index is -0.0388. The van der Waals surface area contributed by atoms with Gasteiger partial charge in [0.25, 0.3) is 0 Å². The summed E-state index contributed by atoms with van der Waals surface area (Å²) in [6.45, 7) is 2.77. The topological polar surface area (TPSA) is 54.9 Å². The van der Waals surface area contributed by atoms with Crippen LogP contribution < -0.4 is 5.32 Å². The van der Waals surface area contributed by atoms with Crippen LogP contribution in [-0.4, -0.2) is 28.2 Å². The number of hydrogen-bond acceptors (Lipinski definition) is 4. The average molecular weight is 294 g/mol. The molecule has 1 aromatic heterocycles. The van der Waals surface area contributed by atoms with Crippen molar-refractivity contribution >= 4 is 40.9 Å². The van der Waals surface area contributed by atoms with Gasteiger partial charge in [0, 0.05) is 12.6 Å². The molecule has 0 aliphatic heterocycles. The zero-order valence-electron chi connectivity index (χ0n) is 9.37. The highest BCUT2D eigenvalue weighted by atomic mass is 35.5. The maximum atomic E-state index is 11.4. The van der Waals surface area contributed by atoms with Crippen molar-refractivity contribution < 1.29 is 4.79 Å². The van der Waals surface area contributed by atoms with Crippen LogP contribution in [0.25, 0.3) is 0 Å². The Kier molecular flexibility index (Phi) is 6.62. The molecule has 7 heteroatoms. The Hall–Kier alpha value is -0.520. The Morgan fingerprint density at radius 2 is 2.06 bits per heavy atom. The van der Waals surface area contributed by atoms with Crippen LogP contribution in [0, 0.1) is 0 Å². The van der Waals surface area contributed by atoms with Gasteiger partial charge in [-0.05, 0) is 6.42 Å². The van der Waals surface area contributed by atoms with Crippen molar-refractivity contribution in [1.82, 2.24) is 15.3 Å². The lowest BCUT2D eigenvalue weighted by Gasteiger charge is -2.03. The molecule has 0 unspecified atom stereocenters. The predicted molar refractivity (Wildman–Crippen MR) is 70.7 cm³/mol. The summed E-state index contributed by atoms with van der Waals surface area (Å²) in [5.74, 6) is 0.226. The van der Waals surface area contributed by atoms with Gasteiger partial charge in [-0.15, -0.1) is 0 Å². The van der Waals surface area contributed by atoms with Crippen LogP contribution in [0.15, 0.2) is 11.2 Å². The van der Waals surface area contributed by atoms with Crippen LogP contribution >= 0.6 is 35.0 Å². The summed E-state index contributed by atoms with van der Waals surface area (Å²) in [7, 11) is 0. The predicted octanol–water partition coefficient (Wildman–Crippen LogP) is 2.79. The number of rotatable bonds is 6. The zero-order chi connectivity index (χ0) is 12.7. The van der Waals surface area contributed by atoms with E-state index in [4.69, 9.17) is 23.2 Å². The summed E-state index contributed by atoms with van der Waals surface area (Å²) >= 11 is 12.6. The summed E-state index contributed by atoms with van der Waals surface area (Å²) in [6, 6.07) is 1.45. The molecule has 4 nitrogen and oxygen atoms in total. The summed E-state index contributed by atoms with van der Waals surface area (Å²) in [5.41, 5.74) is 0. The third kappa shape index (κ3) is 6.10. The monoisotopic (exact) mass is 293 g/mol. The Balaban J connectivity index is 2.36. The van der Waals surface area contributed by atoms with Crippen LogP contribution in [0.1, 0.15) is 19.8 Å². The van der Waals surface area contributed by atoms with Crippen LogP contribution in [-0.2, 0) is 4.79 Å². The van der Waals surface area contributed by atoms with E-state index in [-0.39, 0.29) is 22.0 Å². The van der Waals surface area contributed by atoms with Gasteiger partial charge in [-0.2, -0.15) is 0 Å². The van der Waals surface area contributed by atoms with Gasteiger partial charge in [-0.3, -0.25) is 4.79 Å². The highest BCUT2D eigenvalue weighted by molar-refractivity contribution is 7.99. The average Bonchev–Trinajstić information content (AvgIpc) is 2.25. The minimum Gasteiger partial charge on any atom is -0.355 e. The van der Waals surface area contributed by atoms with Crippen molar-refractivity contribution in [3.8, 4) is 0 Å². The number of carbonyl (C=O) groups excluding carboxylic acids is 1. The van der Waals surface area contributed by atoms with Gasteiger partial charge < -0.3 is 5.32 Å². The maximum Gasteiger partial charge on any atom is 0.230 e. The van der Waals surface area contributed by atoms with E-state index in [1.165, 1.54) is 17.8 Å². The largest absolute Gasteiger partial charge is 0.355 e. The summed E-state index contributed by atoms with van der Waals surface area (Å²) in [5, 5.41) is 3.77. The van der Waals surface area contributed by atoms with E-state index >= 15 is 0 Å². The molecule has 0 aliphatic rings. The van der Waals surface area contributed by atoms with Crippen molar-refractivity contribution in [2.24, 2.45) is 0 Å². The number of halogens is 2. The first-order valence-corrected chi connectivity index (χ1v) is 6.95. The third-order valence-electron chi connectivity index (χ3n) is 1.83. The smallest absolute Gasteiger partial charge is 0.230 e. The second-order valence-corrected chi connectivity index (χ2v) is 5.01. The Morgan fingerprint density at radius 3 is 2.65 bits per heavy atom. The molecule has 0 bridgehead atoms. The van der Waals surface area contributed by atoms with E-state index in [2.05, 4.69) is 22.2 Å². The van der Waals surface area contributed by atoms with E-state index < -0.39 is 0 Å². The number of nitrogens with zero attached hydrogens (tertiary/aromatic N) is 2. The number of thioether (sulfide) groups is 1. The molecular formula is C10H13Cl2N3OS. The molecule has 1 amide bonds. The van der Waals surface area contributed by atoms with Gasteiger partial charge >= 0.3 is 0 Å². The molecule has 0 saturated carbocycles. The molecule has 0 radical (unpaired) electrons.